The van der Waals surface area contributed by atoms with Gasteiger partial charge in [0.25, 0.3) is 5.91 Å². The molecule has 3 heterocycles. The zero-order valence-corrected chi connectivity index (χ0v) is 17.6. The van der Waals surface area contributed by atoms with E-state index < -0.39 is 5.97 Å². The Morgan fingerprint density at radius 1 is 1.03 bits per heavy atom. The molecule has 30 heavy (non-hydrogen) atoms. The molecule has 0 bridgehead atoms. The normalized spacial score (nSPS) is 12.8. The van der Waals surface area contributed by atoms with Gasteiger partial charge >= 0.3 is 5.97 Å². The van der Waals surface area contributed by atoms with Crippen LogP contribution in [0.4, 0.5) is 5.69 Å². The summed E-state index contributed by atoms with van der Waals surface area (Å²) in [6.45, 7) is 0. The third-order valence-corrected chi connectivity index (χ3v) is 6.42. The molecule has 154 valence electrons. The molecule has 0 fully saturated rings. The first-order valence-corrected chi connectivity index (χ1v) is 10.8. The molecule has 0 unspecified atom stereocenters. The van der Waals surface area contributed by atoms with Crippen LogP contribution in [0, 0.1) is 0 Å². The maximum atomic E-state index is 12.6. The zero-order chi connectivity index (χ0) is 20.9. The first kappa shape index (κ1) is 20.2. The monoisotopic (exact) mass is 421 g/mol. The Balaban J connectivity index is 1.32. The number of amides is 1. The summed E-state index contributed by atoms with van der Waals surface area (Å²) >= 11 is 1.61. The van der Waals surface area contributed by atoms with Gasteiger partial charge in [0.05, 0.1) is 29.4 Å². The molecule has 1 amide bonds. The summed E-state index contributed by atoms with van der Waals surface area (Å²) in [5.74, 6) is -0.463. The molecule has 0 saturated heterocycles. The van der Waals surface area contributed by atoms with Gasteiger partial charge in [0.15, 0.2) is 0 Å². The fourth-order valence-corrected chi connectivity index (χ4v) is 4.66. The summed E-state index contributed by atoms with van der Waals surface area (Å²) < 4.78 is 4.68. The average molecular weight is 422 g/mol. The molecule has 3 aromatic rings. The highest BCUT2D eigenvalue weighted by atomic mass is 32.1. The maximum absolute atomic E-state index is 12.6. The standard InChI is InChI=1S/C23H23N3O3S/c1-29-23(28)16-6-7-17(24-13-16)8-9-18-10-11-19(14-25-18)26-22(27)21-12-15-4-2-3-5-20(15)30-21/h6-7,10-14H,2-5,8-9H2,1H3,(H,26,27). The number of anilines is 1. The van der Waals surface area contributed by atoms with Crippen LogP contribution in [0.5, 0.6) is 0 Å². The molecule has 7 heteroatoms. The minimum Gasteiger partial charge on any atom is -0.465 e. The summed E-state index contributed by atoms with van der Waals surface area (Å²) in [4.78, 5) is 34.9. The van der Waals surface area contributed by atoms with Gasteiger partial charge in [0, 0.05) is 22.5 Å². The van der Waals surface area contributed by atoms with E-state index >= 15 is 0 Å². The van der Waals surface area contributed by atoms with E-state index in [4.69, 9.17) is 0 Å². The number of pyridine rings is 2. The van der Waals surface area contributed by atoms with Crippen molar-refractivity contribution in [3.05, 3.63) is 75.0 Å². The number of fused-ring (bicyclic) bond motifs is 1. The van der Waals surface area contributed by atoms with Crippen LogP contribution < -0.4 is 5.32 Å². The molecule has 1 aliphatic rings. The van der Waals surface area contributed by atoms with Crippen LogP contribution in [0.2, 0.25) is 0 Å². The zero-order valence-electron chi connectivity index (χ0n) is 16.8. The fourth-order valence-electron chi connectivity index (χ4n) is 3.51. The van der Waals surface area contributed by atoms with Crippen molar-refractivity contribution in [2.24, 2.45) is 0 Å². The second kappa shape index (κ2) is 9.17. The van der Waals surface area contributed by atoms with Crippen molar-refractivity contribution >= 4 is 28.9 Å². The Bertz CT molecular complexity index is 1020. The quantitative estimate of drug-likeness (QED) is 0.602. The lowest BCUT2D eigenvalue weighted by Gasteiger charge is -2.08. The Hall–Kier alpha value is -3.06. The Labute approximate surface area is 179 Å². The predicted octanol–water partition coefficient (Wildman–Crippen LogP) is 4.24. The lowest BCUT2D eigenvalue weighted by Crippen LogP contribution is -2.10. The largest absolute Gasteiger partial charge is 0.465 e. The predicted molar refractivity (Wildman–Crippen MR) is 116 cm³/mol. The molecule has 3 aromatic heterocycles. The third kappa shape index (κ3) is 4.74. The number of ether oxygens (including phenoxy) is 1. The Morgan fingerprint density at radius 2 is 1.77 bits per heavy atom. The number of esters is 1. The maximum Gasteiger partial charge on any atom is 0.339 e. The lowest BCUT2D eigenvalue weighted by atomic mass is 9.99. The SMILES string of the molecule is COC(=O)c1ccc(CCc2ccc(NC(=O)c3cc4c(s3)CCCC4)cn2)nc1. The van der Waals surface area contributed by atoms with Crippen LogP contribution in [0.25, 0.3) is 0 Å². The molecule has 0 spiro atoms. The van der Waals surface area contributed by atoms with Gasteiger partial charge in [-0.05, 0) is 74.4 Å². The minimum atomic E-state index is -0.393. The molecular weight excluding hydrogens is 398 g/mol. The highest BCUT2D eigenvalue weighted by molar-refractivity contribution is 7.14. The molecule has 0 saturated carbocycles. The van der Waals surface area contributed by atoms with Gasteiger partial charge in [-0.25, -0.2) is 4.79 Å². The number of methoxy groups -OCH3 is 1. The molecule has 1 aliphatic carbocycles. The summed E-state index contributed by atoms with van der Waals surface area (Å²) in [6.07, 6.45) is 9.23. The van der Waals surface area contributed by atoms with E-state index in [1.165, 1.54) is 36.6 Å². The average Bonchev–Trinajstić information content (AvgIpc) is 3.23. The highest BCUT2D eigenvalue weighted by Gasteiger charge is 2.17. The van der Waals surface area contributed by atoms with Gasteiger partial charge < -0.3 is 10.1 Å². The third-order valence-electron chi connectivity index (χ3n) is 5.19. The first-order valence-electron chi connectivity index (χ1n) is 10.0. The van der Waals surface area contributed by atoms with E-state index in [0.717, 1.165) is 35.5 Å². The number of aryl methyl sites for hydroxylation is 4. The van der Waals surface area contributed by atoms with E-state index in [2.05, 4.69) is 20.0 Å². The van der Waals surface area contributed by atoms with Crippen LogP contribution >= 0.6 is 11.3 Å². The molecule has 4 rings (SSSR count). The van der Waals surface area contributed by atoms with Crippen LogP contribution in [-0.4, -0.2) is 29.0 Å². The number of thiophene rings is 1. The topological polar surface area (TPSA) is 81.2 Å². The van der Waals surface area contributed by atoms with E-state index in [9.17, 15) is 9.59 Å². The lowest BCUT2D eigenvalue weighted by molar-refractivity contribution is 0.0600. The van der Waals surface area contributed by atoms with Crippen LogP contribution in [0.3, 0.4) is 0 Å². The number of hydrogen-bond acceptors (Lipinski definition) is 6. The second-order valence-corrected chi connectivity index (χ2v) is 8.43. The van der Waals surface area contributed by atoms with Crippen molar-refractivity contribution in [1.29, 1.82) is 0 Å². The molecule has 0 radical (unpaired) electrons. The second-order valence-electron chi connectivity index (χ2n) is 7.29. The molecule has 0 atom stereocenters. The molecule has 6 nitrogen and oxygen atoms in total. The van der Waals surface area contributed by atoms with Crippen LogP contribution in [0.1, 0.15) is 54.7 Å². The van der Waals surface area contributed by atoms with Gasteiger partial charge in [0.2, 0.25) is 0 Å². The van der Waals surface area contributed by atoms with Gasteiger partial charge in [0.1, 0.15) is 0 Å². The number of rotatable bonds is 6. The highest BCUT2D eigenvalue weighted by Crippen LogP contribution is 2.30. The fraction of sp³-hybridized carbons (Fsp3) is 0.304. The van der Waals surface area contributed by atoms with Crippen molar-refractivity contribution in [2.45, 2.75) is 38.5 Å². The van der Waals surface area contributed by atoms with Crippen molar-refractivity contribution in [2.75, 3.05) is 12.4 Å². The van der Waals surface area contributed by atoms with Crippen molar-refractivity contribution in [1.82, 2.24) is 9.97 Å². The Kier molecular flexibility index (Phi) is 6.18. The molecular formula is C23H23N3O3S. The van der Waals surface area contributed by atoms with Crippen molar-refractivity contribution in [3.8, 4) is 0 Å². The van der Waals surface area contributed by atoms with E-state index in [1.54, 1.807) is 23.6 Å². The number of carbonyl (C=O) groups is 2. The number of aromatic nitrogens is 2. The summed E-state index contributed by atoms with van der Waals surface area (Å²) in [5.41, 5.74) is 4.25. The van der Waals surface area contributed by atoms with E-state index in [0.29, 0.717) is 17.7 Å². The molecule has 1 N–H and O–H groups in total. The number of nitrogens with zero attached hydrogens (tertiary/aromatic N) is 2. The van der Waals surface area contributed by atoms with Crippen molar-refractivity contribution in [3.63, 3.8) is 0 Å². The van der Waals surface area contributed by atoms with E-state index in [-0.39, 0.29) is 5.91 Å². The van der Waals surface area contributed by atoms with Gasteiger partial charge in [-0.15, -0.1) is 11.3 Å². The minimum absolute atomic E-state index is 0.0705. The number of hydrogen-bond donors (Lipinski definition) is 1. The summed E-state index contributed by atoms with van der Waals surface area (Å²) in [7, 11) is 1.35. The van der Waals surface area contributed by atoms with Gasteiger partial charge in [-0.3, -0.25) is 14.8 Å². The van der Waals surface area contributed by atoms with Crippen LogP contribution in [0.15, 0.2) is 42.7 Å². The van der Waals surface area contributed by atoms with Gasteiger partial charge in [-0.2, -0.15) is 0 Å². The van der Waals surface area contributed by atoms with E-state index in [1.807, 2.05) is 24.3 Å². The summed E-state index contributed by atoms with van der Waals surface area (Å²) in [5, 5.41) is 2.94. The molecule has 0 aliphatic heterocycles. The number of carbonyl (C=O) groups excluding carboxylic acids is 2. The molecule has 0 aromatic carbocycles. The Morgan fingerprint density at radius 3 is 2.40 bits per heavy atom. The smallest absolute Gasteiger partial charge is 0.339 e. The van der Waals surface area contributed by atoms with Crippen LogP contribution in [-0.2, 0) is 30.4 Å². The summed E-state index contributed by atoms with van der Waals surface area (Å²) in [6, 6.07) is 9.36. The van der Waals surface area contributed by atoms with Gasteiger partial charge in [-0.1, -0.05) is 0 Å². The first-order chi connectivity index (χ1) is 14.6. The van der Waals surface area contributed by atoms with Crippen molar-refractivity contribution < 1.29 is 14.3 Å². The number of nitrogens with one attached hydrogen (secondary N) is 1.